The van der Waals surface area contributed by atoms with E-state index in [0.29, 0.717) is 11.1 Å². The molecular formula is C10H13O6P. The molecule has 0 amide bonds. The number of carbonyl (C=O) groups excluding carboxylic acids is 1. The molecule has 1 heterocycles. The van der Waals surface area contributed by atoms with E-state index in [4.69, 9.17) is 0 Å². The van der Waals surface area contributed by atoms with Crippen LogP contribution in [0.5, 0.6) is 0 Å². The molecule has 0 aliphatic carbocycles. The van der Waals surface area contributed by atoms with Crippen molar-refractivity contribution in [3.63, 3.8) is 0 Å². The first kappa shape index (κ1) is 12.4. The van der Waals surface area contributed by atoms with Gasteiger partial charge in [-0.2, -0.15) is 0 Å². The first-order valence-electron chi connectivity index (χ1n) is 4.93. The number of hydrogen-bond donors (Lipinski definition) is 2. The molecule has 0 atom stereocenters. The van der Waals surface area contributed by atoms with Gasteiger partial charge in [-0.1, -0.05) is 0 Å². The van der Waals surface area contributed by atoms with Gasteiger partial charge in [-0.05, 0) is 0 Å². The van der Waals surface area contributed by atoms with Gasteiger partial charge in [0.05, 0.1) is 0 Å². The molecule has 1 aliphatic heterocycles. The van der Waals surface area contributed by atoms with Gasteiger partial charge < -0.3 is 0 Å². The van der Waals surface area contributed by atoms with E-state index in [1.54, 1.807) is 26.0 Å². The standard InChI is InChI=1S/C10H13O6P/c1-6-4-7(2)9(8(3)5-6)10(11)14-17(12,13)15-16-17/h4-5,12-13H,1-3H3. The molecule has 17 heavy (non-hydrogen) atoms. The summed E-state index contributed by atoms with van der Waals surface area (Å²) in [4.78, 5) is 30.3. The molecule has 1 aromatic rings. The van der Waals surface area contributed by atoms with Gasteiger partial charge in [-0.15, -0.1) is 0 Å². The van der Waals surface area contributed by atoms with Crippen molar-refractivity contribution in [2.75, 3.05) is 0 Å². The van der Waals surface area contributed by atoms with E-state index in [-0.39, 0.29) is 5.56 Å². The molecular weight excluding hydrogens is 247 g/mol. The molecule has 0 bridgehead atoms. The zero-order valence-electron chi connectivity index (χ0n) is 9.63. The normalized spacial score (nSPS) is 22.3. The van der Waals surface area contributed by atoms with Crippen molar-refractivity contribution in [1.82, 2.24) is 0 Å². The van der Waals surface area contributed by atoms with Crippen molar-refractivity contribution >= 4 is 13.7 Å². The summed E-state index contributed by atoms with van der Waals surface area (Å²) in [7, 11) is -5.02. The second kappa shape index (κ2) is 3.48. The average molecular weight is 260 g/mol. The number of aryl methyl sites for hydroxylation is 3. The number of hydrogen-bond acceptors (Lipinski definition) is 6. The Bertz CT molecular complexity index is 479. The zero-order valence-corrected chi connectivity index (χ0v) is 10.5. The maximum absolute atomic E-state index is 11.8. The number of carbonyl (C=O) groups is 1. The summed E-state index contributed by atoms with van der Waals surface area (Å²) in [5.74, 6) is -0.875. The molecule has 6 nitrogen and oxygen atoms in total. The fourth-order valence-corrected chi connectivity index (χ4v) is 2.55. The fourth-order valence-electron chi connectivity index (χ4n) is 1.76. The molecule has 1 aromatic carbocycles. The number of benzene rings is 1. The SMILES string of the molecule is Cc1cc(C)c(C(=O)OP2(O)(O)OO2)c(C)c1. The molecule has 2 N–H and O–H groups in total. The van der Waals surface area contributed by atoms with Crippen LogP contribution >= 0.6 is 7.74 Å². The Hall–Kier alpha value is -1.04. The molecule has 1 aliphatic rings. The first-order valence-corrected chi connectivity index (χ1v) is 6.82. The van der Waals surface area contributed by atoms with Crippen LogP contribution in [0.3, 0.4) is 0 Å². The molecule has 1 saturated heterocycles. The Morgan fingerprint density at radius 1 is 1.18 bits per heavy atom. The Kier molecular flexibility index (Phi) is 2.54. The molecule has 0 radical (unpaired) electrons. The van der Waals surface area contributed by atoms with Gasteiger partial charge in [0.1, 0.15) is 0 Å². The Labute approximate surface area is 98.0 Å². The summed E-state index contributed by atoms with van der Waals surface area (Å²) < 4.78 is 12.4. The van der Waals surface area contributed by atoms with E-state index in [9.17, 15) is 14.6 Å². The summed E-state index contributed by atoms with van der Waals surface area (Å²) in [6, 6.07) is 3.60. The van der Waals surface area contributed by atoms with Crippen LogP contribution in [0.1, 0.15) is 27.0 Å². The van der Waals surface area contributed by atoms with Gasteiger partial charge >= 0.3 is 97.3 Å². The molecule has 7 heteroatoms. The van der Waals surface area contributed by atoms with Crippen molar-refractivity contribution < 1.29 is 28.5 Å². The molecule has 0 unspecified atom stereocenters. The zero-order chi connectivity index (χ0) is 12.9. The monoisotopic (exact) mass is 260 g/mol. The van der Waals surface area contributed by atoms with Crippen LogP contribution in [0, 0.1) is 20.8 Å². The second-order valence-electron chi connectivity index (χ2n) is 4.10. The first-order chi connectivity index (χ1) is 7.69. The minimum absolute atomic E-state index is 0.279. The van der Waals surface area contributed by atoms with Crippen LogP contribution in [-0.2, 0) is 13.9 Å². The topological polar surface area (TPSA) is 91.8 Å². The fraction of sp³-hybridized carbons (Fsp3) is 0.300. The van der Waals surface area contributed by atoms with E-state index in [2.05, 4.69) is 13.9 Å². The molecule has 94 valence electrons. The predicted molar refractivity (Wildman–Crippen MR) is 59.6 cm³/mol. The molecule has 2 rings (SSSR count). The Morgan fingerprint density at radius 2 is 1.65 bits per heavy atom. The van der Waals surface area contributed by atoms with E-state index >= 15 is 0 Å². The summed E-state index contributed by atoms with van der Waals surface area (Å²) in [6.07, 6.45) is 0. The summed E-state index contributed by atoms with van der Waals surface area (Å²) in [5.41, 5.74) is 2.66. The molecule has 0 saturated carbocycles. The molecule has 0 aromatic heterocycles. The minimum atomic E-state index is -5.02. The average Bonchev–Trinajstić information content (AvgIpc) is 2.74. The van der Waals surface area contributed by atoms with Gasteiger partial charge in [-0.3, -0.25) is 0 Å². The predicted octanol–water partition coefficient (Wildman–Crippen LogP) is 1.84. The van der Waals surface area contributed by atoms with Gasteiger partial charge in [-0.25, -0.2) is 0 Å². The third-order valence-electron chi connectivity index (χ3n) is 2.39. The van der Waals surface area contributed by atoms with E-state index in [0.717, 1.165) is 5.56 Å². The van der Waals surface area contributed by atoms with E-state index < -0.39 is 13.7 Å². The second-order valence-corrected chi connectivity index (χ2v) is 6.19. The summed E-state index contributed by atoms with van der Waals surface area (Å²) in [5, 5.41) is 0. The third-order valence-corrected chi connectivity index (χ3v) is 3.40. The van der Waals surface area contributed by atoms with Crippen LogP contribution in [-0.4, -0.2) is 15.8 Å². The van der Waals surface area contributed by atoms with Gasteiger partial charge in [0, 0.05) is 0 Å². The van der Waals surface area contributed by atoms with Crippen molar-refractivity contribution in [3.8, 4) is 0 Å². The van der Waals surface area contributed by atoms with Gasteiger partial charge in [0.2, 0.25) is 0 Å². The van der Waals surface area contributed by atoms with Crippen LogP contribution in [0.15, 0.2) is 12.1 Å². The van der Waals surface area contributed by atoms with Crippen LogP contribution in [0.25, 0.3) is 0 Å². The van der Waals surface area contributed by atoms with Crippen LogP contribution < -0.4 is 0 Å². The van der Waals surface area contributed by atoms with E-state index in [1.807, 2.05) is 6.92 Å². The van der Waals surface area contributed by atoms with Crippen molar-refractivity contribution in [3.05, 3.63) is 34.4 Å². The van der Waals surface area contributed by atoms with E-state index in [1.165, 1.54) is 0 Å². The number of rotatable bonds is 2. The summed E-state index contributed by atoms with van der Waals surface area (Å²) in [6.45, 7) is 5.37. The van der Waals surface area contributed by atoms with Crippen LogP contribution in [0.2, 0.25) is 0 Å². The third kappa shape index (κ3) is 2.46. The Balaban J connectivity index is 2.32. The molecule has 0 spiro atoms. The maximum atomic E-state index is 11.8. The van der Waals surface area contributed by atoms with Gasteiger partial charge in [0.15, 0.2) is 0 Å². The molecule has 1 fully saturated rings. The summed E-state index contributed by atoms with van der Waals surface area (Å²) >= 11 is 0. The van der Waals surface area contributed by atoms with Crippen molar-refractivity contribution in [2.45, 2.75) is 20.8 Å². The van der Waals surface area contributed by atoms with Crippen LogP contribution in [0.4, 0.5) is 0 Å². The van der Waals surface area contributed by atoms with Gasteiger partial charge in [0.25, 0.3) is 0 Å². The van der Waals surface area contributed by atoms with Crippen molar-refractivity contribution in [1.29, 1.82) is 0 Å². The van der Waals surface area contributed by atoms with Crippen molar-refractivity contribution in [2.24, 2.45) is 0 Å². The Morgan fingerprint density at radius 3 is 2.06 bits per heavy atom. The quantitative estimate of drug-likeness (QED) is 0.479.